The summed E-state index contributed by atoms with van der Waals surface area (Å²) in [6, 6.07) is 9.14. The number of benzene rings is 1. The first-order valence-corrected chi connectivity index (χ1v) is 8.49. The number of aromatic nitrogens is 2. The molecule has 1 aromatic carbocycles. The minimum Gasteiger partial charge on any atom is -0.460 e. The number of aryl methyl sites for hydroxylation is 2. The first-order chi connectivity index (χ1) is 11.2. The molecule has 0 atom stereocenters. The van der Waals surface area contributed by atoms with Crippen LogP contribution in [0, 0.1) is 6.92 Å². The normalized spacial score (nSPS) is 16.4. The van der Waals surface area contributed by atoms with Gasteiger partial charge in [-0.2, -0.15) is 0 Å². The molecule has 122 valence electrons. The van der Waals surface area contributed by atoms with Gasteiger partial charge in [0, 0.05) is 32.0 Å². The van der Waals surface area contributed by atoms with Crippen molar-refractivity contribution < 1.29 is 4.74 Å². The van der Waals surface area contributed by atoms with Gasteiger partial charge in [-0.25, -0.2) is 9.97 Å². The van der Waals surface area contributed by atoms with Crippen LogP contribution in [0.5, 0.6) is 6.01 Å². The van der Waals surface area contributed by atoms with E-state index in [0.29, 0.717) is 6.01 Å². The molecule has 0 amide bonds. The summed E-state index contributed by atoms with van der Waals surface area (Å²) in [7, 11) is 0. The van der Waals surface area contributed by atoms with Crippen molar-refractivity contribution in [3.63, 3.8) is 0 Å². The fourth-order valence-corrected chi connectivity index (χ4v) is 2.95. The van der Waals surface area contributed by atoms with E-state index in [0.717, 1.165) is 44.5 Å². The number of likely N-dealkylation sites (tertiary alicyclic amines) is 1. The molecule has 0 saturated carbocycles. The molecule has 0 spiro atoms. The van der Waals surface area contributed by atoms with E-state index in [1.165, 1.54) is 11.1 Å². The Labute approximate surface area is 138 Å². The van der Waals surface area contributed by atoms with Gasteiger partial charge in [0.05, 0.1) is 0 Å². The average Bonchev–Trinajstić information content (AvgIpc) is 2.59. The van der Waals surface area contributed by atoms with Crippen LogP contribution in [0.1, 0.15) is 36.5 Å². The highest BCUT2D eigenvalue weighted by atomic mass is 16.5. The number of ether oxygens (including phenoxy) is 1. The van der Waals surface area contributed by atoms with Crippen LogP contribution in [0.2, 0.25) is 0 Å². The van der Waals surface area contributed by atoms with Crippen molar-refractivity contribution in [1.29, 1.82) is 0 Å². The minimum atomic E-state index is 0.232. The third kappa shape index (κ3) is 4.29. The zero-order valence-corrected chi connectivity index (χ0v) is 14.0. The molecule has 0 radical (unpaired) electrons. The van der Waals surface area contributed by atoms with Gasteiger partial charge in [0.25, 0.3) is 0 Å². The van der Waals surface area contributed by atoms with Crippen molar-refractivity contribution in [3.8, 4) is 6.01 Å². The molecule has 23 heavy (non-hydrogen) atoms. The van der Waals surface area contributed by atoms with Crippen molar-refractivity contribution in [2.75, 3.05) is 13.1 Å². The molecule has 1 aliphatic heterocycles. The predicted molar refractivity (Wildman–Crippen MR) is 91.5 cm³/mol. The third-order valence-corrected chi connectivity index (χ3v) is 4.55. The summed E-state index contributed by atoms with van der Waals surface area (Å²) >= 11 is 0. The fraction of sp³-hybridized carbons (Fsp3) is 0.474. The van der Waals surface area contributed by atoms with Gasteiger partial charge in [-0.05, 0) is 42.9 Å². The Kier molecular flexibility index (Phi) is 5.23. The molecule has 1 fully saturated rings. The molecule has 2 heterocycles. The minimum absolute atomic E-state index is 0.232. The molecule has 1 aliphatic rings. The smallest absolute Gasteiger partial charge is 0.316 e. The second kappa shape index (κ2) is 7.55. The molecular formula is C19H25N3O. The van der Waals surface area contributed by atoms with Crippen LogP contribution < -0.4 is 4.74 Å². The van der Waals surface area contributed by atoms with Crippen LogP contribution in [-0.4, -0.2) is 34.1 Å². The zero-order valence-electron chi connectivity index (χ0n) is 14.0. The summed E-state index contributed by atoms with van der Waals surface area (Å²) in [5, 5.41) is 0. The number of hydrogen-bond donors (Lipinski definition) is 0. The van der Waals surface area contributed by atoms with E-state index in [9.17, 15) is 0 Å². The quantitative estimate of drug-likeness (QED) is 0.848. The maximum absolute atomic E-state index is 5.93. The lowest BCUT2D eigenvalue weighted by molar-refractivity contribution is 0.0891. The highest BCUT2D eigenvalue weighted by Gasteiger charge is 2.21. The zero-order chi connectivity index (χ0) is 16.1. The highest BCUT2D eigenvalue weighted by molar-refractivity contribution is 5.25. The van der Waals surface area contributed by atoms with Gasteiger partial charge in [0.2, 0.25) is 0 Å². The highest BCUT2D eigenvalue weighted by Crippen LogP contribution is 2.19. The van der Waals surface area contributed by atoms with E-state index >= 15 is 0 Å². The van der Waals surface area contributed by atoms with Gasteiger partial charge in [-0.3, -0.25) is 4.90 Å². The van der Waals surface area contributed by atoms with Gasteiger partial charge in [-0.15, -0.1) is 0 Å². The largest absolute Gasteiger partial charge is 0.460 e. The second-order valence-electron chi connectivity index (χ2n) is 6.25. The molecule has 0 aliphatic carbocycles. The summed E-state index contributed by atoms with van der Waals surface area (Å²) in [5.41, 5.74) is 3.94. The lowest BCUT2D eigenvalue weighted by Crippen LogP contribution is -2.38. The Hall–Kier alpha value is -1.94. The van der Waals surface area contributed by atoms with Gasteiger partial charge < -0.3 is 4.74 Å². The van der Waals surface area contributed by atoms with E-state index in [-0.39, 0.29) is 6.10 Å². The molecule has 4 heteroatoms. The first-order valence-electron chi connectivity index (χ1n) is 8.49. The third-order valence-electron chi connectivity index (χ3n) is 4.55. The number of hydrogen-bond acceptors (Lipinski definition) is 4. The summed E-state index contributed by atoms with van der Waals surface area (Å²) < 4.78 is 5.93. The molecule has 0 bridgehead atoms. The fourth-order valence-electron chi connectivity index (χ4n) is 2.95. The molecular weight excluding hydrogens is 286 g/mol. The van der Waals surface area contributed by atoms with Gasteiger partial charge in [0.1, 0.15) is 6.10 Å². The monoisotopic (exact) mass is 311 g/mol. The van der Waals surface area contributed by atoms with Crippen molar-refractivity contribution >= 4 is 0 Å². The van der Waals surface area contributed by atoms with Crippen LogP contribution >= 0.6 is 0 Å². The molecule has 0 N–H and O–H groups in total. The molecule has 1 aromatic heterocycles. The van der Waals surface area contributed by atoms with Crippen molar-refractivity contribution in [2.24, 2.45) is 0 Å². The van der Waals surface area contributed by atoms with E-state index in [1.807, 2.05) is 12.4 Å². The number of piperidine rings is 1. The van der Waals surface area contributed by atoms with E-state index in [1.54, 1.807) is 0 Å². The second-order valence-corrected chi connectivity index (χ2v) is 6.25. The standard InChI is InChI=1S/C19H25N3O/c1-3-16-12-20-19(21-13-16)23-18-8-10-22(11-9-18)14-17-7-5-4-6-15(17)2/h4-7,12-13,18H,3,8-11,14H2,1-2H3. The summed E-state index contributed by atoms with van der Waals surface area (Å²) in [6.07, 6.45) is 6.97. The molecule has 4 nitrogen and oxygen atoms in total. The maximum atomic E-state index is 5.93. The Balaban J connectivity index is 1.49. The van der Waals surface area contributed by atoms with Crippen LogP contribution in [0.15, 0.2) is 36.7 Å². The lowest BCUT2D eigenvalue weighted by Gasteiger charge is -2.31. The van der Waals surface area contributed by atoms with Gasteiger partial charge in [-0.1, -0.05) is 31.2 Å². The van der Waals surface area contributed by atoms with Crippen molar-refractivity contribution in [2.45, 2.75) is 45.8 Å². The Morgan fingerprint density at radius 2 is 1.83 bits per heavy atom. The van der Waals surface area contributed by atoms with Crippen molar-refractivity contribution in [3.05, 3.63) is 53.3 Å². The first kappa shape index (κ1) is 15.9. The lowest BCUT2D eigenvalue weighted by atomic mass is 10.0. The Bertz CT molecular complexity index is 619. The van der Waals surface area contributed by atoms with Crippen LogP contribution in [0.4, 0.5) is 0 Å². The summed E-state index contributed by atoms with van der Waals surface area (Å²) in [5.74, 6) is 0. The van der Waals surface area contributed by atoms with Gasteiger partial charge in [0.15, 0.2) is 0 Å². The van der Waals surface area contributed by atoms with Gasteiger partial charge >= 0.3 is 6.01 Å². The van der Waals surface area contributed by atoms with E-state index in [2.05, 4.69) is 53.0 Å². The van der Waals surface area contributed by atoms with E-state index in [4.69, 9.17) is 4.74 Å². The van der Waals surface area contributed by atoms with Crippen LogP contribution in [0.3, 0.4) is 0 Å². The summed E-state index contributed by atoms with van der Waals surface area (Å²) in [4.78, 5) is 11.1. The Morgan fingerprint density at radius 3 is 2.48 bits per heavy atom. The summed E-state index contributed by atoms with van der Waals surface area (Å²) in [6.45, 7) is 7.44. The van der Waals surface area contributed by atoms with E-state index < -0.39 is 0 Å². The predicted octanol–water partition coefficient (Wildman–Crippen LogP) is 3.39. The molecule has 0 unspecified atom stereocenters. The maximum Gasteiger partial charge on any atom is 0.316 e. The molecule has 1 saturated heterocycles. The molecule has 3 rings (SSSR count). The van der Waals surface area contributed by atoms with Crippen molar-refractivity contribution in [1.82, 2.24) is 14.9 Å². The Morgan fingerprint density at radius 1 is 1.13 bits per heavy atom. The van der Waals surface area contributed by atoms with Crippen LogP contribution in [0.25, 0.3) is 0 Å². The van der Waals surface area contributed by atoms with Crippen LogP contribution in [-0.2, 0) is 13.0 Å². The SMILES string of the molecule is CCc1cnc(OC2CCN(Cc3ccccc3C)CC2)nc1. The average molecular weight is 311 g/mol. The topological polar surface area (TPSA) is 38.2 Å². The molecule has 2 aromatic rings. The number of rotatable bonds is 5. The number of nitrogens with zero attached hydrogens (tertiary/aromatic N) is 3.